The summed E-state index contributed by atoms with van der Waals surface area (Å²) in [5, 5.41) is 6.79. The van der Waals surface area contributed by atoms with Gasteiger partial charge in [-0.15, -0.1) is 0 Å². The van der Waals surface area contributed by atoms with E-state index in [0.717, 1.165) is 5.82 Å². The van der Waals surface area contributed by atoms with Crippen LogP contribution in [0, 0.1) is 4.77 Å². The molecule has 0 saturated heterocycles. The maximum Gasteiger partial charge on any atom is 0.195 e. The molecule has 0 spiro atoms. The molecule has 0 fully saturated rings. The molecule has 1 aromatic rings. The average molecular weight is 263 g/mol. The van der Waals surface area contributed by atoms with Crippen LogP contribution in [-0.2, 0) is 16.4 Å². The van der Waals surface area contributed by atoms with Crippen molar-refractivity contribution in [2.24, 2.45) is 0 Å². The van der Waals surface area contributed by atoms with E-state index in [1.807, 2.05) is 13.8 Å². The molecule has 1 heterocycles. The summed E-state index contributed by atoms with van der Waals surface area (Å²) < 4.78 is 25.1. The second-order valence-electron chi connectivity index (χ2n) is 3.93. The monoisotopic (exact) mass is 263 g/mol. The van der Waals surface area contributed by atoms with Crippen molar-refractivity contribution in [1.82, 2.24) is 14.8 Å². The van der Waals surface area contributed by atoms with Crippen LogP contribution in [0.3, 0.4) is 0 Å². The van der Waals surface area contributed by atoms with E-state index in [1.165, 1.54) is 0 Å². The van der Waals surface area contributed by atoms with Crippen molar-refractivity contribution >= 4 is 22.1 Å². The van der Waals surface area contributed by atoms with Gasteiger partial charge in [0.1, 0.15) is 5.82 Å². The lowest BCUT2D eigenvalue weighted by Crippen LogP contribution is -2.16. The van der Waals surface area contributed by atoms with Gasteiger partial charge >= 0.3 is 0 Å². The van der Waals surface area contributed by atoms with Gasteiger partial charge in [0.2, 0.25) is 0 Å². The summed E-state index contributed by atoms with van der Waals surface area (Å²) in [7, 11) is -2.96. The van der Waals surface area contributed by atoms with Crippen LogP contribution < -0.4 is 0 Å². The van der Waals surface area contributed by atoms with E-state index in [4.69, 9.17) is 12.2 Å². The van der Waals surface area contributed by atoms with Crippen molar-refractivity contribution in [3.8, 4) is 0 Å². The number of nitrogens with one attached hydrogen (secondary N) is 1. The van der Waals surface area contributed by atoms with Gasteiger partial charge in [0.05, 0.1) is 5.75 Å². The van der Waals surface area contributed by atoms with E-state index in [9.17, 15) is 8.42 Å². The molecule has 0 amide bonds. The number of sulfone groups is 1. The summed E-state index contributed by atoms with van der Waals surface area (Å²) in [5.41, 5.74) is 0. The van der Waals surface area contributed by atoms with Crippen molar-refractivity contribution in [2.45, 2.75) is 33.2 Å². The lowest BCUT2D eigenvalue weighted by atomic mass is 10.2. The molecular weight excluding hydrogens is 246 g/mol. The van der Waals surface area contributed by atoms with Crippen LogP contribution in [-0.4, -0.2) is 34.7 Å². The molecule has 0 aliphatic rings. The normalized spacial score (nSPS) is 12.2. The Balaban J connectivity index is 2.90. The number of rotatable bonds is 5. The van der Waals surface area contributed by atoms with Gasteiger partial charge in [-0.2, -0.15) is 5.10 Å². The van der Waals surface area contributed by atoms with Crippen LogP contribution in [0.2, 0.25) is 0 Å². The van der Waals surface area contributed by atoms with E-state index < -0.39 is 9.84 Å². The summed E-state index contributed by atoms with van der Waals surface area (Å²) in [6, 6.07) is 0. The molecule has 1 N–H and O–H groups in total. The van der Waals surface area contributed by atoms with Crippen LogP contribution in [0.1, 0.15) is 32.5 Å². The smallest absolute Gasteiger partial charge is 0.195 e. The summed E-state index contributed by atoms with van der Waals surface area (Å²) in [6.45, 7) is 6.01. The molecule has 0 atom stereocenters. The van der Waals surface area contributed by atoms with Crippen LogP contribution in [0.15, 0.2) is 0 Å². The lowest BCUT2D eigenvalue weighted by molar-refractivity contribution is 0.583. The predicted octanol–water partition coefficient (Wildman–Crippen LogP) is 1.50. The fourth-order valence-electron chi connectivity index (χ4n) is 1.36. The Morgan fingerprint density at radius 2 is 2.12 bits per heavy atom. The molecule has 1 rings (SSSR count). The molecule has 92 valence electrons. The average Bonchev–Trinajstić information content (AvgIpc) is 2.57. The molecular formula is C9H17N3O2S2. The van der Waals surface area contributed by atoms with Crippen molar-refractivity contribution in [3.63, 3.8) is 0 Å². The second kappa shape index (κ2) is 5.09. The Bertz CT molecular complexity index is 499. The van der Waals surface area contributed by atoms with Crippen LogP contribution in [0.25, 0.3) is 0 Å². The van der Waals surface area contributed by atoms with Gasteiger partial charge in [-0.3, -0.25) is 5.10 Å². The van der Waals surface area contributed by atoms with Gasteiger partial charge in [0.25, 0.3) is 0 Å². The number of hydrogen-bond donors (Lipinski definition) is 1. The van der Waals surface area contributed by atoms with Crippen molar-refractivity contribution in [2.75, 3.05) is 11.5 Å². The minimum atomic E-state index is -2.96. The minimum absolute atomic E-state index is 0.108. The zero-order valence-corrected chi connectivity index (χ0v) is 11.4. The highest BCUT2D eigenvalue weighted by molar-refractivity contribution is 7.91. The molecule has 0 radical (unpaired) electrons. The van der Waals surface area contributed by atoms with Crippen LogP contribution in [0.4, 0.5) is 0 Å². The number of aromatic amines is 1. The molecule has 0 unspecified atom stereocenters. The minimum Gasteiger partial charge on any atom is -0.303 e. The molecule has 5 nitrogen and oxygen atoms in total. The van der Waals surface area contributed by atoms with Gasteiger partial charge in [-0.25, -0.2) is 8.42 Å². The Morgan fingerprint density at radius 1 is 1.50 bits per heavy atom. The number of hydrogen-bond acceptors (Lipinski definition) is 4. The Morgan fingerprint density at radius 3 is 2.62 bits per heavy atom. The largest absolute Gasteiger partial charge is 0.303 e. The first kappa shape index (κ1) is 13.4. The quantitative estimate of drug-likeness (QED) is 0.817. The van der Waals surface area contributed by atoms with E-state index >= 15 is 0 Å². The number of H-pyrrole nitrogens is 1. The van der Waals surface area contributed by atoms with Crippen LogP contribution >= 0.6 is 12.2 Å². The third-order valence-electron chi connectivity index (χ3n) is 2.37. The molecule has 0 saturated carbocycles. The molecule has 0 aromatic carbocycles. The summed E-state index contributed by atoms with van der Waals surface area (Å²) in [5.74, 6) is 1.29. The summed E-state index contributed by atoms with van der Waals surface area (Å²) in [4.78, 5) is 0. The highest BCUT2D eigenvalue weighted by Gasteiger charge is 2.13. The Hall–Kier alpha value is -0.690. The van der Waals surface area contributed by atoms with Gasteiger partial charge in [-0.1, -0.05) is 20.8 Å². The molecule has 0 aliphatic carbocycles. The first-order valence-corrected chi connectivity index (χ1v) is 7.46. The Kier molecular flexibility index (Phi) is 4.26. The predicted molar refractivity (Wildman–Crippen MR) is 65.8 cm³/mol. The molecule has 16 heavy (non-hydrogen) atoms. The van der Waals surface area contributed by atoms with E-state index in [0.29, 0.717) is 11.3 Å². The highest BCUT2D eigenvalue weighted by atomic mass is 32.2. The van der Waals surface area contributed by atoms with Crippen LogP contribution in [0.5, 0.6) is 0 Å². The maximum absolute atomic E-state index is 11.4. The van der Waals surface area contributed by atoms with Gasteiger partial charge in [-0.05, 0) is 12.2 Å². The molecule has 1 aromatic heterocycles. The molecule has 0 aliphatic heterocycles. The first-order valence-electron chi connectivity index (χ1n) is 5.23. The highest BCUT2D eigenvalue weighted by Crippen LogP contribution is 2.11. The number of nitrogens with zero attached hydrogens (tertiary/aromatic N) is 2. The standard InChI is InChI=1S/C9H17N3O2S2/c1-4-16(13,14)6-5-12-8(7(2)3)10-11-9(12)15/h7H,4-6H2,1-3H3,(H,11,15). The maximum atomic E-state index is 11.4. The van der Waals surface area contributed by atoms with Crippen molar-refractivity contribution in [3.05, 3.63) is 10.6 Å². The van der Waals surface area contributed by atoms with E-state index in [-0.39, 0.29) is 17.4 Å². The third kappa shape index (κ3) is 3.15. The molecule has 0 bridgehead atoms. The van der Waals surface area contributed by atoms with Gasteiger partial charge < -0.3 is 4.57 Å². The van der Waals surface area contributed by atoms with Crippen molar-refractivity contribution < 1.29 is 8.42 Å². The zero-order chi connectivity index (χ0) is 12.3. The summed E-state index contributed by atoms with van der Waals surface area (Å²) >= 11 is 5.07. The van der Waals surface area contributed by atoms with Gasteiger partial charge in [0, 0.05) is 18.2 Å². The fourth-order valence-corrected chi connectivity index (χ4v) is 2.34. The number of aromatic nitrogens is 3. The lowest BCUT2D eigenvalue weighted by Gasteiger charge is -2.08. The molecule has 7 heteroatoms. The first-order chi connectivity index (χ1) is 7.37. The van der Waals surface area contributed by atoms with E-state index in [1.54, 1.807) is 11.5 Å². The van der Waals surface area contributed by atoms with E-state index in [2.05, 4.69) is 10.2 Å². The van der Waals surface area contributed by atoms with Gasteiger partial charge in [0.15, 0.2) is 14.6 Å². The fraction of sp³-hybridized carbons (Fsp3) is 0.778. The van der Waals surface area contributed by atoms with Crippen molar-refractivity contribution in [1.29, 1.82) is 0 Å². The Labute approximate surface area is 101 Å². The summed E-state index contributed by atoms with van der Waals surface area (Å²) in [6.07, 6.45) is 0. The topological polar surface area (TPSA) is 67.8 Å². The second-order valence-corrected chi connectivity index (χ2v) is 6.79. The zero-order valence-electron chi connectivity index (χ0n) is 9.73. The SMILES string of the molecule is CCS(=O)(=O)CCn1c(C(C)C)n[nH]c1=S. The third-order valence-corrected chi connectivity index (χ3v) is 4.37.